The maximum absolute atomic E-state index is 12.1. The number of carbonyl (C=O) groups is 1. The van der Waals surface area contributed by atoms with Crippen molar-refractivity contribution < 1.29 is 4.79 Å². The molecule has 5 heteroatoms. The van der Waals surface area contributed by atoms with Gasteiger partial charge in [0.15, 0.2) is 0 Å². The van der Waals surface area contributed by atoms with Gasteiger partial charge in [0.05, 0.1) is 24.4 Å². The Bertz CT molecular complexity index is 860. The molecule has 0 aliphatic carbocycles. The van der Waals surface area contributed by atoms with Crippen LogP contribution in [0.2, 0.25) is 0 Å². The summed E-state index contributed by atoms with van der Waals surface area (Å²) in [7, 11) is 0. The topological polar surface area (TPSA) is 70.7 Å². The second kappa shape index (κ2) is 7.25. The third kappa shape index (κ3) is 3.87. The van der Waals surface area contributed by atoms with Gasteiger partial charge in [-0.25, -0.2) is 0 Å². The summed E-state index contributed by atoms with van der Waals surface area (Å²) in [4.78, 5) is 12.1. The summed E-state index contributed by atoms with van der Waals surface area (Å²) >= 11 is 0. The predicted molar refractivity (Wildman–Crippen MR) is 90.1 cm³/mol. The summed E-state index contributed by atoms with van der Waals surface area (Å²) in [6.45, 7) is 1.11. The third-order valence-electron chi connectivity index (χ3n) is 3.60. The highest BCUT2D eigenvalue weighted by Crippen LogP contribution is 2.06. The fourth-order valence-corrected chi connectivity index (χ4v) is 2.34. The number of hydrogen-bond donors (Lipinski definition) is 1. The Morgan fingerprint density at radius 1 is 1.08 bits per heavy atom. The summed E-state index contributed by atoms with van der Waals surface area (Å²) in [5.74, 6) is -0.171. The van der Waals surface area contributed by atoms with Gasteiger partial charge in [0.1, 0.15) is 0 Å². The number of nitriles is 1. The Labute approximate surface area is 140 Å². The second-order valence-electron chi connectivity index (χ2n) is 5.40. The molecule has 0 fully saturated rings. The number of carbonyl (C=O) groups excluding carboxylic acids is 1. The maximum Gasteiger partial charge on any atom is 0.251 e. The van der Waals surface area contributed by atoms with E-state index in [1.54, 1.807) is 30.5 Å². The third-order valence-corrected chi connectivity index (χ3v) is 3.60. The van der Waals surface area contributed by atoms with Crippen molar-refractivity contribution >= 4 is 5.91 Å². The number of nitrogens with zero attached hydrogens (tertiary/aromatic N) is 3. The molecule has 0 spiro atoms. The van der Waals surface area contributed by atoms with Crippen LogP contribution in [0.4, 0.5) is 0 Å². The van der Waals surface area contributed by atoms with Crippen LogP contribution in [-0.4, -0.2) is 15.7 Å². The minimum Gasteiger partial charge on any atom is -0.348 e. The van der Waals surface area contributed by atoms with E-state index >= 15 is 0 Å². The standard InChI is InChI=1S/C19H16N4O/c20-10-15-6-8-18(9-7-15)19(24)21-11-17-12-22-23(14-17)13-16-4-2-1-3-5-16/h1-9,12,14H,11,13H2,(H,21,24). The molecule has 0 saturated heterocycles. The lowest BCUT2D eigenvalue weighted by molar-refractivity contribution is 0.0951. The van der Waals surface area contributed by atoms with Crippen LogP contribution in [0.3, 0.4) is 0 Å². The first-order valence-electron chi connectivity index (χ1n) is 7.58. The highest BCUT2D eigenvalue weighted by Gasteiger charge is 2.06. The van der Waals surface area contributed by atoms with Gasteiger partial charge in [-0.2, -0.15) is 10.4 Å². The molecule has 0 radical (unpaired) electrons. The molecule has 5 nitrogen and oxygen atoms in total. The monoisotopic (exact) mass is 316 g/mol. The van der Waals surface area contributed by atoms with Gasteiger partial charge in [0.2, 0.25) is 0 Å². The van der Waals surface area contributed by atoms with Gasteiger partial charge in [-0.1, -0.05) is 30.3 Å². The van der Waals surface area contributed by atoms with E-state index in [1.165, 1.54) is 5.56 Å². The zero-order valence-corrected chi connectivity index (χ0v) is 13.0. The number of amides is 1. The quantitative estimate of drug-likeness (QED) is 0.787. The molecule has 1 N–H and O–H groups in total. The summed E-state index contributed by atoms with van der Waals surface area (Å²) in [6.07, 6.45) is 3.67. The Morgan fingerprint density at radius 3 is 2.54 bits per heavy atom. The summed E-state index contributed by atoms with van der Waals surface area (Å²) in [5.41, 5.74) is 3.18. The van der Waals surface area contributed by atoms with Crippen LogP contribution in [0.5, 0.6) is 0 Å². The molecule has 24 heavy (non-hydrogen) atoms. The summed E-state index contributed by atoms with van der Waals surface area (Å²) < 4.78 is 1.85. The molecule has 0 unspecified atom stereocenters. The Hall–Kier alpha value is -3.39. The minimum absolute atomic E-state index is 0.171. The van der Waals surface area contributed by atoms with Gasteiger partial charge < -0.3 is 5.32 Å². The van der Waals surface area contributed by atoms with E-state index in [1.807, 2.05) is 47.3 Å². The van der Waals surface area contributed by atoms with E-state index < -0.39 is 0 Å². The van der Waals surface area contributed by atoms with Crippen molar-refractivity contribution in [1.82, 2.24) is 15.1 Å². The van der Waals surface area contributed by atoms with Crippen molar-refractivity contribution in [2.45, 2.75) is 13.1 Å². The van der Waals surface area contributed by atoms with Crippen molar-refractivity contribution in [2.24, 2.45) is 0 Å². The number of rotatable bonds is 5. The largest absolute Gasteiger partial charge is 0.348 e. The molecule has 3 aromatic rings. The molecule has 0 saturated carbocycles. The maximum atomic E-state index is 12.1. The van der Waals surface area contributed by atoms with Crippen LogP contribution < -0.4 is 5.32 Å². The van der Waals surface area contributed by atoms with Crippen LogP contribution in [-0.2, 0) is 13.1 Å². The lowest BCUT2D eigenvalue weighted by Crippen LogP contribution is -2.22. The van der Waals surface area contributed by atoms with E-state index in [-0.39, 0.29) is 5.91 Å². The van der Waals surface area contributed by atoms with Gasteiger partial charge in [-0.05, 0) is 29.8 Å². The van der Waals surface area contributed by atoms with Crippen molar-refractivity contribution in [3.63, 3.8) is 0 Å². The van der Waals surface area contributed by atoms with Gasteiger partial charge in [-0.3, -0.25) is 9.48 Å². The average Bonchev–Trinajstić information content (AvgIpc) is 3.08. The molecule has 1 amide bonds. The minimum atomic E-state index is -0.171. The van der Waals surface area contributed by atoms with Gasteiger partial charge in [-0.15, -0.1) is 0 Å². The zero-order valence-electron chi connectivity index (χ0n) is 13.0. The average molecular weight is 316 g/mol. The summed E-state index contributed by atoms with van der Waals surface area (Å²) in [6, 6.07) is 18.7. The van der Waals surface area contributed by atoms with Crippen LogP contribution in [0, 0.1) is 11.3 Å². The SMILES string of the molecule is N#Cc1ccc(C(=O)NCc2cnn(Cc3ccccc3)c2)cc1. The fourth-order valence-electron chi connectivity index (χ4n) is 2.34. The van der Waals surface area contributed by atoms with E-state index in [9.17, 15) is 4.79 Å². The Kier molecular flexibility index (Phi) is 4.68. The fraction of sp³-hybridized carbons (Fsp3) is 0.105. The Morgan fingerprint density at radius 2 is 1.83 bits per heavy atom. The molecule has 0 atom stereocenters. The van der Waals surface area contributed by atoms with E-state index in [0.717, 1.165) is 5.56 Å². The van der Waals surface area contributed by atoms with Crippen LogP contribution in [0.15, 0.2) is 67.0 Å². The van der Waals surface area contributed by atoms with Gasteiger partial charge >= 0.3 is 0 Å². The number of aromatic nitrogens is 2. The van der Waals surface area contributed by atoms with Gasteiger partial charge in [0.25, 0.3) is 5.91 Å². The molecular weight excluding hydrogens is 300 g/mol. The normalized spacial score (nSPS) is 10.1. The van der Waals surface area contributed by atoms with E-state index in [2.05, 4.69) is 10.4 Å². The van der Waals surface area contributed by atoms with Crippen molar-refractivity contribution in [1.29, 1.82) is 5.26 Å². The first kappa shape index (κ1) is 15.5. The van der Waals surface area contributed by atoms with E-state index in [0.29, 0.717) is 24.2 Å². The number of hydrogen-bond acceptors (Lipinski definition) is 3. The van der Waals surface area contributed by atoms with Crippen LogP contribution >= 0.6 is 0 Å². The molecule has 3 rings (SSSR count). The first-order valence-corrected chi connectivity index (χ1v) is 7.58. The molecule has 1 aromatic heterocycles. The molecule has 118 valence electrons. The molecular formula is C19H16N4O. The first-order chi connectivity index (χ1) is 11.7. The molecule has 1 heterocycles. The summed E-state index contributed by atoms with van der Waals surface area (Å²) in [5, 5.41) is 15.9. The highest BCUT2D eigenvalue weighted by atomic mass is 16.1. The smallest absolute Gasteiger partial charge is 0.251 e. The lowest BCUT2D eigenvalue weighted by Gasteiger charge is -2.04. The lowest BCUT2D eigenvalue weighted by atomic mass is 10.1. The molecule has 2 aromatic carbocycles. The Balaban J connectivity index is 1.57. The molecule has 0 aliphatic heterocycles. The molecule has 0 aliphatic rings. The van der Waals surface area contributed by atoms with Crippen LogP contribution in [0.25, 0.3) is 0 Å². The van der Waals surface area contributed by atoms with Crippen molar-refractivity contribution in [2.75, 3.05) is 0 Å². The predicted octanol–water partition coefficient (Wildman–Crippen LogP) is 2.73. The van der Waals surface area contributed by atoms with Crippen LogP contribution in [0.1, 0.15) is 27.0 Å². The number of nitrogens with one attached hydrogen (secondary N) is 1. The zero-order chi connectivity index (χ0) is 16.8. The second-order valence-corrected chi connectivity index (χ2v) is 5.40. The highest BCUT2D eigenvalue weighted by molar-refractivity contribution is 5.94. The van der Waals surface area contributed by atoms with E-state index in [4.69, 9.17) is 5.26 Å². The number of benzene rings is 2. The van der Waals surface area contributed by atoms with Crippen molar-refractivity contribution in [3.8, 4) is 6.07 Å². The molecule has 0 bridgehead atoms. The van der Waals surface area contributed by atoms with Crippen molar-refractivity contribution in [3.05, 3.63) is 89.2 Å². The van der Waals surface area contributed by atoms with Gasteiger partial charge in [0, 0.05) is 23.9 Å².